The van der Waals surface area contributed by atoms with Gasteiger partial charge in [0.1, 0.15) is 0 Å². The maximum Gasteiger partial charge on any atom is 0.416 e. The molecule has 0 fully saturated rings. The fraction of sp³-hybridized carbons (Fsp3) is 0.143. The molecule has 1 aromatic rings. The Bertz CT molecular complexity index is 257. The Hall–Kier alpha value is 0.160. The second kappa shape index (κ2) is 5.14. The third-order valence-corrected chi connectivity index (χ3v) is 3.05. The molecule has 0 saturated heterocycles. The minimum atomic E-state index is -4.22. The molecule has 1 rings (SSSR count). The molecule has 2 unspecified atom stereocenters. The first-order chi connectivity index (χ1) is 5.54. The van der Waals surface area contributed by atoms with Gasteiger partial charge in [0.25, 0.3) is 0 Å². The Morgan fingerprint density at radius 1 is 1.08 bits per heavy atom. The first-order valence-corrected chi connectivity index (χ1v) is 5.99. The zero-order valence-corrected chi connectivity index (χ0v) is 9.40. The van der Waals surface area contributed by atoms with Crippen molar-refractivity contribution < 1.29 is 13.2 Å². The van der Waals surface area contributed by atoms with E-state index < -0.39 is 11.7 Å². The first-order valence-electron chi connectivity index (χ1n) is 3.18. The van der Waals surface area contributed by atoms with Crippen LogP contribution in [-0.2, 0) is 6.18 Å². The van der Waals surface area contributed by atoms with E-state index in [1.165, 1.54) is 12.1 Å². The molecule has 6 heteroatoms. The lowest BCUT2D eigenvalue weighted by atomic mass is 10.2. The van der Waals surface area contributed by atoms with E-state index in [0.717, 1.165) is 17.4 Å². The smallest absolute Gasteiger partial charge is 0.166 e. The second-order valence-electron chi connectivity index (χ2n) is 2.22. The Labute approximate surface area is 84.6 Å². The van der Waals surface area contributed by atoms with Crippen LogP contribution < -0.4 is 5.30 Å². The fourth-order valence-electron chi connectivity index (χ4n) is 0.755. The minimum Gasteiger partial charge on any atom is -0.166 e. The molecule has 0 aliphatic heterocycles. The van der Waals surface area contributed by atoms with E-state index in [9.17, 15) is 13.2 Å². The van der Waals surface area contributed by atoms with Gasteiger partial charge in [-0.1, -0.05) is 20.4 Å². The van der Waals surface area contributed by atoms with Gasteiger partial charge in [0.05, 0.1) is 5.56 Å². The number of rotatable bonds is 1. The molecule has 0 amide bonds. The summed E-state index contributed by atoms with van der Waals surface area (Å²) in [5.74, 6) is 0. The summed E-state index contributed by atoms with van der Waals surface area (Å²) in [6, 6.07) is 5.20. The molecular weight excluding hydrogens is 238 g/mol. The number of benzene rings is 1. The average Bonchev–Trinajstić information content (AvgIpc) is 2.03. The van der Waals surface area contributed by atoms with Crippen molar-refractivity contribution in [3.8, 4) is 0 Å². The Kier molecular flexibility index (Phi) is 5.21. The quantitative estimate of drug-likeness (QED) is 0.668. The molecular formula is C7H8ClF3P2. The monoisotopic (exact) mass is 246 g/mol. The number of hydrogen-bond acceptors (Lipinski definition) is 0. The first kappa shape index (κ1) is 13.2. The van der Waals surface area contributed by atoms with Crippen molar-refractivity contribution >= 4 is 34.9 Å². The van der Waals surface area contributed by atoms with Crippen LogP contribution in [0.2, 0.25) is 0 Å². The molecule has 74 valence electrons. The van der Waals surface area contributed by atoms with Gasteiger partial charge >= 0.3 is 6.18 Å². The maximum atomic E-state index is 12.0. The van der Waals surface area contributed by atoms with Gasteiger partial charge in [0, 0.05) is 0 Å². The van der Waals surface area contributed by atoms with Gasteiger partial charge in [0.2, 0.25) is 0 Å². The van der Waals surface area contributed by atoms with E-state index in [0.29, 0.717) is 8.27 Å². The maximum absolute atomic E-state index is 12.0. The number of hydrogen-bond donors (Lipinski definition) is 0. The van der Waals surface area contributed by atoms with Gasteiger partial charge in [-0.15, -0.1) is 21.3 Å². The van der Waals surface area contributed by atoms with E-state index >= 15 is 0 Å². The van der Waals surface area contributed by atoms with Crippen LogP contribution in [0.3, 0.4) is 0 Å². The topological polar surface area (TPSA) is 0 Å². The lowest BCUT2D eigenvalue weighted by molar-refractivity contribution is -0.137. The summed E-state index contributed by atoms with van der Waals surface area (Å²) in [5.41, 5.74) is -0.588. The number of halogens is 4. The average molecular weight is 247 g/mol. The van der Waals surface area contributed by atoms with Crippen LogP contribution in [0.5, 0.6) is 0 Å². The van der Waals surface area contributed by atoms with Gasteiger partial charge < -0.3 is 0 Å². The molecule has 0 saturated carbocycles. The van der Waals surface area contributed by atoms with Crippen LogP contribution >= 0.6 is 29.6 Å². The lowest BCUT2D eigenvalue weighted by Crippen LogP contribution is -2.05. The Morgan fingerprint density at radius 2 is 1.54 bits per heavy atom. The molecule has 13 heavy (non-hydrogen) atoms. The van der Waals surface area contributed by atoms with E-state index in [4.69, 9.17) is 0 Å². The summed E-state index contributed by atoms with van der Waals surface area (Å²) < 4.78 is 36.1. The normalized spacial score (nSPS) is 11.7. The van der Waals surface area contributed by atoms with E-state index in [1.54, 1.807) is 0 Å². The predicted molar refractivity (Wildman–Crippen MR) is 56.4 cm³/mol. The van der Waals surface area contributed by atoms with Crippen LogP contribution in [0, 0.1) is 0 Å². The largest absolute Gasteiger partial charge is 0.416 e. The standard InChI is InChI=1S/C7H7F3P2.ClH/c8-7(9,10)5-1-3-6(12-11)4-2-5;/h1-4,12H,11H2;1H. The SMILES string of the molecule is Cl.FC(F)(F)c1ccc(PP)cc1. The van der Waals surface area contributed by atoms with Crippen LogP contribution in [0.1, 0.15) is 5.56 Å². The summed E-state index contributed by atoms with van der Waals surface area (Å²) in [7, 11) is 2.95. The second-order valence-corrected chi connectivity index (χ2v) is 3.95. The summed E-state index contributed by atoms with van der Waals surface area (Å²) in [6.07, 6.45) is -4.22. The molecule has 0 heterocycles. The molecule has 0 nitrogen and oxygen atoms in total. The van der Waals surface area contributed by atoms with Crippen LogP contribution in [-0.4, -0.2) is 0 Å². The van der Waals surface area contributed by atoms with Crippen molar-refractivity contribution in [3.05, 3.63) is 29.8 Å². The molecule has 0 radical (unpaired) electrons. The minimum absolute atomic E-state index is 0. The molecule has 2 atom stereocenters. The van der Waals surface area contributed by atoms with E-state index in [1.807, 2.05) is 0 Å². The van der Waals surface area contributed by atoms with E-state index in [-0.39, 0.29) is 12.4 Å². The highest BCUT2D eigenvalue weighted by Crippen LogP contribution is 2.29. The van der Waals surface area contributed by atoms with Crippen LogP contribution in [0.15, 0.2) is 24.3 Å². The van der Waals surface area contributed by atoms with Gasteiger partial charge in [-0.05, 0) is 17.4 Å². The zero-order valence-electron chi connectivity index (χ0n) is 6.43. The molecule has 1 aromatic carbocycles. The number of alkyl halides is 3. The molecule has 0 spiro atoms. The van der Waals surface area contributed by atoms with Crippen molar-refractivity contribution in [2.24, 2.45) is 0 Å². The predicted octanol–water partition coefficient (Wildman–Crippen LogP) is 3.22. The van der Waals surface area contributed by atoms with Crippen molar-refractivity contribution in [1.29, 1.82) is 0 Å². The van der Waals surface area contributed by atoms with E-state index in [2.05, 4.69) is 8.93 Å². The Morgan fingerprint density at radius 3 is 1.85 bits per heavy atom. The van der Waals surface area contributed by atoms with Crippen molar-refractivity contribution in [2.45, 2.75) is 6.18 Å². The van der Waals surface area contributed by atoms with Crippen LogP contribution in [0.4, 0.5) is 13.2 Å². The summed E-state index contributed by atoms with van der Waals surface area (Å²) in [6.45, 7) is 0. The van der Waals surface area contributed by atoms with Gasteiger partial charge in [-0.3, -0.25) is 0 Å². The third kappa shape index (κ3) is 3.81. The summed E-state index contributed by atoms with van der Waals surface area (Å²) in [4.78, 5) is 0. The van der Waals surface area contributed by atoms with Crippen molar-refractivity contribution in [1.82, 2.24) is 0 Å². The Balaban J connectivity index is 0.00000144. The molecule has 0 aliphatic carbocycles. The van der Waals surface area contributed by atoms with Crippen molar-refractivity contribution in [3.63, 3.8) is 0 Å². The molecule has 0 N–H and O–H groups in total. The molecule has 0 aromatic heterocycles. The van der Waals surface area contributed by atoms with Gasteiger partial charge in [0.15, 0.2) is 0 Å². The third-order valence-electron chi connectivity index (χ3n) is 1.38. The fourth-order valence-corrected chi connectivity index (χ4v) is 1.69. The highest BCUT2D eigenvalue weighted by molar-refractivity contribution is 8.06. The molecule has 0 aliphatic rings. The zero-order chi connectivity index (χ0) is 9.19. The highest BCUT2D eigenvalue weighted by atomic mass is 35.5. The summed E-state index contributed by atoms with van der Waals surface area (Å²) >= 11 is 0. The van der Waals surface area contributed by atoms with Gasteiger partial charge in [-0.25, -0.2) is 0 Å². The van der Waals surface area contributed by atoms with Crippen molar-refractivity contribution in [2.75, 3.05) is 0 Å². The lowest BCUT2D eigenvalue weighted by Gasteiger charge is -2.06. The van der Waals surface area contributed by atoms with Gasteiger partial charge in [-0.2, -0.15) is 13.2 Å². The highest BCUT2D eigenvalue weighted by Gasteiger charge is 2.29. The summed E-state index contributed by atoms with van der Waals surface area (Å²) in [5, 5.41) is 0.910. The molecule has 0 bridgehead atoms. The van der Waals surface area contributed by atoms with Crippen LogP contribution in [0.25, 0.3) is 0 Å².